The van der Waals surface area contributed by atoms with Crippen LogP contribution in [0.1, 0.15) is 44.1 Å². The average Bonchev–Trinajstić information content (AvgIpc) is 3.64. The molecular weight excluding hydrogens is 543 g/mol. The number of carbonyl (C=O) groups is 1. The molecule has 0 spiro atoms. The first kappa shape index (κ1) is 27.9. The Kier molecular flexibility index (Phi) is 7.82. The van der Waals surface area contributed by atoms with Gasteiger partial charge in [-0.05, 0) is 74.6 Å². The molecule has 1 atom stereocenters. The minimum absolute atomic E-state index is 0.0950. The van der Waals surface area contributed by atoms with Gasteiger partial charge in [0.1, 0.15) is 17.2 Å². The molecule has 9 nitrogen and oxygen atoms in total. The summed E-state index contributed by atoms with van der Waals surface area (Å²) in [5.41, 5.74) is 1.93. The molecule has 0 aliphatic heterocycles. The van der Waals surface area contributed by atoms with E-state index in [1.165, 1.54) is 36.7 Å². The number of nitrogens with zero attached hydrogens (tertiary/aromatic N) is 3. The van der Waals surface area contributed by atoms with E-state index in [0.717, 1.165) is 12.8 Å². The molecule has 1 aliphatic rings. The maximum absolute atomic E-state index is 12.6. The molecule has 5 rings (SSSR count). The molecular formula is C29H26F3N3O6. The van der Waals surface area contributed by atoms with Gasteiger partial charge in [-0.1, -0.05) is 12.1 Å². The molecule has 214 valence electrons. The highest BCUT2D eigenvalue weighted by Crippen LogP contribution is 2.43. The third kappa shape index (κ3) is 7.13. The van der Waals surface area contributed by atoms with E-state index in [0.29, 0.717) is 28.1 Å². The van der Waals surface area contributed by atoms with Crippen molar-refractivity contribution in [2.45, 2.75) is 51.7 Å². The molecule has 0 saturated heterocycles. The van der Waals surface area contributed by atoms with Crippen LogP contribution in [0.25, 0.3) is 22.6 Å². The number of halogens is 3. The Morgan fingerprint density at radius 1 is 1.05 bits per heavy atom. The fourth-order valence-corrected chi connectivity index (χ4v) is 4.32. The Hall–Kier alpha value is -4.61. The maximum atomic E-state index is 12.6. The van der Waals surface area contributed by atoms with Crippen molar-refractivity contribution in [1.29, 1.82) is 0 Å². The van der Waals surface area contributed by atoms with Crippen LogP contribution in [0.5, 0.6) is 17.5 Å². The minimum atomic E-state index is -4.82. The summed E-state index contributed by atoms with van der Waals surface area (Å²) in [6, 6.07) is 12.3. The highest BCUT2D eigenvalue weighted by Gasteiger charge is 2.37. The minimum Gasteiger partial charge on any atom is -0.484 e. The van der Waals surface area contributed by atoms with Crippen molar-refractivity contribution in [3.05, 3.63) is 72.4 Å². The fourth-order valence-electron chi connectivity index (χ4n) is 4.32. The van der Waals surface area contributed by atoms with E-state index in [4.69, 9.17) is 13.9 Å². The number of hydrogen-bond donors (Lipinski definition) is 1. The maximum Gasteiger partial charge on any atom is 0.573 e. The number of alkyl halides is 3. The smallest absolute Gasteiger partial charge is 0.484 e. The van der Waals surface area contributed by atoms with Gasteiger partial charge in [-0.3, -0.25) is 4.79 Å². The van der Waals surface area contributed by atoms with Crippen molar-refractivity contribution in [2.24, 2.45) is 5.92 Å². The summed E-state index contributed by atoms with van der Waals surface area (Å²) in [7, 11) is 0. The number of carboxylic acids is 1. The van der Waals surface area contributed by atoms with E-state index in [1.54, 1.807) is 24.3 Å². The standard InChI is InChI=1S/C29H26F3N3O6/c1-16(2)39-28-33-13-20(14-34-28)25-26(18-8-10-21(11-9-18)41-29(30,31)32)40-23(35-25)15-38-22-5-3-4-19(12-22)24(27(36)37)17-6-7-17/h3-5,8-14,16-17,24H,6-7,15H2,1-2H3,(H,36,37). The number of aromatic nitrogens is 3. The normalized spacial score (nSPS) is 14.1. The van der Waals surface area contributed by atoms with Crippen LogP contribution in [0.3, 0.4) is 0 Å². The highest BCUT2D eigenvalue weighted by atomic mass is 19.4. The van der Waals surface area contributed by atoms with E-state index in [1.807, 2.05) is 13.8 Å². The molecule has 2 heterocycles. The zero-order chi connectivity index (χ0) is 29.1. The molecule has 1 saturated carbocycles. The lowest BCUT2D eigenvalue weighted by Crippen LogP contribution is -2.16. The Morgan fingerprint density at radius 2 is 1.76 bits per heavy atom. The zero-order valence-electron chi connectivity index (χ0n) is 22.1. The number of ether oxygens (including phenoxy) is 3. The van der Waals surface area contributed by atoms with Crippen LogP contribution >= 0.6 is 0 Å². The third-order valence-corrected chi connectivity index (χ3v) is 6.20. The van der Waals surface area contributed by atoms with Gasteiger partial charge in [-0.25, -0.2) is 15.0 Å². The fraction of sp³-hybridized carbons (Fsp3) is 0.310. The highest BCUT2D eigenvalue weighted by molar-refractivity contribution is 5.77. The number of rotatable bonds is 11. The average molecular weight is 570 g/mol. The summed E-state index contributed by atoms with van der Waals surface area (Å²) in [6.45, 7) is 3.59. The Bertz CT molecular complexity index is 1500. The molecule has 0 bridgehead atoms. The predicted octanol–water partition coefficient (Wildman–Crippen LogP) is 6.64. The lowest BCUT2D eigenvalue weighted by Gasteiger charge is -2.13. The molecule has 12 heteroatoms. The second-order valence-corrected chi connectivity index (χ2v) is 9.79. The Balaban J connectivity index is 1.41. The summed E-state index contributed by atoms with van der Waals surface area (Å²) in [5.74, 6) is -0.840. The number of benzene rings is 2. The molecule has 1 N–H and O–H groups in total. The molecule has 0 radical (unpaired) electrons. The largest absolute Gasteiger partial charge is 0.573 e. The van der Waals surface area contributed by atoms with Gasteiger partial charge >= 0.3 is 18.3 Å². The molecule has 2 aromatic heterocycles. The second kappa shape index (κ2) is 11.5. The van der Waals surface area contributed by atoms with Crippen molar-refractivity contribution >= 4 is 5.97 Å². The van der Waals surface area contributed by atoms with Crippen LogP contribution in [0, 0.1) is 5.92 Å². The first-order valence-corrected chi connectivity index (χ1v) is 12.9. The lowest BCUT2D eigenvalue weighted by molar-refractivity contribution is -0.274. The van der Waals surface area contributed by atoms with Gasteiger partial charge in [-0.15, -0.1) is 13.2 Å². The van der Waals surface area contributed by atoms with Gasteiger partial charge in [0, 0.05) is 23.5 Å². The number of carboxylic acid groups (broad SMARTS) is 1. The van der Waals surface area contributed by atoms with Gasteiger partial charge in [-0.2, -0.15) is 0 Å². The SMILES string of the molecule is CC(C)Oc1ncc(-c2nc(COc3cccc(C(C(=O)O)C4CC4)c3)oc2-c2ccc(OC(F)(F)F)cc2)cn1. The Morgan fingerprint density at radius 3 is 2.37 bits per heavy atom. The monoisotopic (exact) mass is 569 g/mol. The van der Waals surface area contributed by atoms with Crippen LogP contribution in [0.2, 0.25) is 0 Å². The van der Waals surface area contributed by atoms with E-state index < -0.39 is 18.2 Å². The van der Waals surface area contributed by atoms with Crippen molar-refractivity contribution in [1.82, 2.24) is 15.0 Å². The van der Waals surface area contributed by atoms with Gasteiger partial charge in [0.2, 0.25) is 5.89 Å². The lowest BCUT2D eigenvalue weighted by atomic mass is 9.94. The van der Waals surface area contributed by atoms with Gasteiger partial charge in [0.25, 0.3) is 0 Å². The molecule has 0 amide bonds. The number of aliphatic carboxylic acids is 1. The summed E-state index contributed by atoms with van der Waals surface area (Å²) in [5, 5.41) is 9.67. The number of hydrogen-bond acceptors (Lipinski definition) is 8. The van der Waals surface area contributed by atoms with Gasteiger partial charge in [0.05, 0.1) is 12.0 Å². The van der Waals surface area contributed by atoms with Crippen LogP contribution in [-0.4, -0.2) is 38.5 Å². The van der Waals surface area contributed by atoms with E-state index in [9.17, 15) is 23.1 Å². The summed E-state index contributed by atoms with van der Waals surface area (Å²) < 4.78 is 59.2. The molecule has 1 aliphatic carbocycles. The van der Waals surface area contributed by atoms with Gasteiger partial charge < -0.3 is 23.7 Å². The van der Waals surface area contributed by atoms with E-state index in [2.05, 4.69) is 19.7 Å². The van der Waals surface area contributed by atoms with Gasteiger partial charge in [0.15, 0.2) is 12.4 Å². The van der Waals surface area contributed by atoms with Crippen molar-refractivity contribution in [3.63, 3.8) is 0 Å². The molecule has 1 fully saturated rings. The first-order chi connectivity index (χ1) is 19.6. The van der Waals surface area contributed by atoms with Crippen LogP contribution in [0.15, 0.2) is 65.3 Å². The van der Waals surface area contributed by atoms with E-state index >= 15 is 0 Å². The summed E-state index contributed by atoms with van der Waals surface area (Å²) >= 11 is 0. The Labute approximate surface area is 232 Å². The molecule has 41 heavy (non-hydrogen) atoms. The van der Waals surface area contributed by atoms with E-state index in [-0.39, 0.29) is 42.0 Å². The van der Waals surface area contributed by atoms with Crippen molar-refractivity contribution in [2.75, 3.05) is 0 Å². The third-order valence-electron chi connectivity index (χ3n) is 6.20. The number of oxazole rings is 1. The quantitative estimate of drug-likeness (QED) is 0.212. The van der Waals surface area contributed by atoms with Crippen LogP contribution < -0.4 is 14.2 Å². The van der Waals surface area contributed by atoms with Crippen molar-refractivity contribution < 1.29 is 41.7 Å². The summed E-state index contributed by atoms with van der Waals surface area (Å²) in [4.78, 5) is 24.8. The zero-order valence-corrected chi connectivity index (χ0v) is 22.1. The predicted molar refractivity (Wildman–Crippen MR) is 139 cm³/mol. The topological polar surface area (TPSA) is 117 Å². The molecule has 1 unspecified atom stereocenters. The first-order valence-electron chi connectivity index (χ1n) is 12.9. The van der Waals surface area contributed by atoms with Crippen LogP contribution in [0.4, 0.5) is 13.2 Å². The summed E-state index contributed by atoms with van der Waals surface area (Å²) in [6.07, 6.45) is -0.182. The second-order valence-electron chi connectivity index (χ2n) is 9.79. The molecule has 2 aromatic carbocycles. The van der Waals surface area contributed by atoms with Crippen molar-refractivity contribution in [3.8, 4) is 40.1 Å². The molecule has 4 aromatic rings. The van der Waals surface area contributed by atoms with Crippen LogP contribution in [-0.2, 0) is 11.4 Å².